The van der Waals surface area contributed by atoms with Crippen molar-refractivity contribution in [3.8, 4) is 11.8 Å². The first-order valence-corrected chi connectivity index (χ1v) is 9.56. The van der Waals surface area contributed by atoms with Crippen molar-refractivity contribution in [3.63, 3.8) is 0 Å². The first kappa shape index (κ1) is 20.6. The summed E-state index contributed by atoms with van der Waals surface area (Å²) >= 11 is 0. The Morgan fingerprint density at radius 2 is 2.03 bits per heavy atom. The van der Waals surface area contributed by atoms with Crippen molar-refractivity contribution in [2.24, 2.45) is 4.99 Å². The average Bonchev–Trinajstić information content (AvgIpc) is 3.23. The summed E-state index contributed by atoms with van der Waals surface area (Å²) in [4.78, 5) is 4.19. The molecule has 2 aromatic rings. The van der Waals surface area contributed by atoms with Gasteiger partial charge in [0, 0.05) is 37.7 Å². The number of benzene rings is 2. The maximum Gasteiger partial charge on any atom is 0.191 e. The molecule has 0 spiro atoms. The zero-order valence-corrected chi connectivity index (χ0v) is 16.7. The molecule has 7 heteroatoms. The fourth-order valence-corrected chi connectivity index (χ4v) is 3.06. The molecule has 0 radical (unpaired) electrons. The molecule has 1 aliphatic rings. The number of aliphatic imine (C=N–C) groups is 1. The molecule has 1 saturated heterocycles. The topological polar surface area (TPSA) is 78.7 Å². The van der Waals surface area contributed by atoms with Crippen LogP contribution in [0.5, 0.6) is 5.75 Å². The molecular formula is C22H25FN4O2. The molecule has 2 aromatic carbocycles. The van der Waals surface area contributed by atoms with Crippen molar-refractivity contribution in [3.05, 3.63) is 64.5 Å². The lowest BCUT2D eigenvalue weighted by molar-refractivity contribution is 0.140. The van der Waals surface area contributed by atoms with Gasteiger partial charge >= 0.3 is 0 Å². The number of nitrogens with zero attached hydrogens (tertiary/aromatic N) is 2. The van der Waals surface area contributed by atoms with Gasteiger partial charge in [0.2, 0.25) is 0 Å². The Morgan fingerprint density at radius 3 is 2.72 bits per heavy atom. The maximum atomic E-state index is 14.0. The number of aryl methyl sites for hydroxylation is 1. The average molecular weight is 396 g/mol. The minimum atomic E-state index is -0.361. The number of hydrogen-bond acceptors (Lipinski definition) is 4. The molecule has 1 heterocycles. The van der Waals surface area contributed by atoms with Gasteiger partial charge in [0.15, 0.2) is 5.96 Å². The Morgan fingerprint density at radius 1 is 1.24 bits per heavy atom. The lowest BCUT2D eigenvalue weighted by atomic mass is 10.1. The van der Waals surface area contributed by atoms with E-state index in [9.17, 15) is 4.39 Å². The van der Waals surface area contributed by atoms with Crippen molar-refractivity contribution in [1.29, 1.82) is 5.26 Å². The predicted molar refractivity (Wildman–Crippen MR) is 109 cm³/mol. The second-order valence-electron chi connectivity index (χ2n) is 6.91. The first-order chi connectivity index (χ1) is 14.1. The summed E-state index contributed by atoms with van der Waals surface area (Å²) in [5.41, 5.74) is 2.96. The van der Waals surface area contributed by atoms with Crippen LogP contribution < -0.4 is 15.4 Å². The predicted octanol–water partition coefficient (Wildman–Crippen LogP) is 3.04. The summed E-state index contributed by atoms with van der Waals surface area (Å²) in [6.45, 7) is 4.09. The van der Waals surface area contributed by atoms with Crippen LogP contribution in [0, 0.1) is 24.1 Å². The molecule has 152 valence electrons. The molecule has 1 aliphatic heterocycles. The van der Waals surface area contributed by atoms with Gasteiger partial charge in [0.05, 0.1) is 24.8 Å². The quantitative estimate of drug-likeness (QED) is 0.580. The zero-order chi connectivity index (χ0) is 20.6. The van der Waals surface area contributed by atoms with E-state index in [-0.39, 0.29) is 18.5 Å². The highest BCUT2D eigenvalue weighted by Gasteiger charge is 2.18. The van der Waals surface area contributed by atoms with Gasteiger partial charge in [0.1, 0.15) is 17.7 Å². The summed E-state index contributed by atoms with van der Waals surface area (Å²) < 4.78 is 25.5. The van der Waals surface area contributed by atoms with E-state index >= 15 is 0 Å². The first-order valence-electron chi connectivity index (χ1n) is 9.56. The van der Waals surface area contributed by atoms with Crippen LogP contribution >= 0.6 is 0 Å². The Balaban J connectivity index is 1.61. The molecule has 3 rings (SSSR count). The molecule has 29 heavy (non-hydrogen) atoms. The molecule has 6 nitrogen and oxygen atoms in total. The zero-order valence-electron chi connectivity index (χ0n) is 16.7. The highest BCUT2D eigenvalue weighted by molar-refractivity contribution is 5.79. The van der Waals surface area contributed by atoms with E-state index in [0.717, 1.165) is 29.9 Å². The minimum absolute atomic E-state index is 0.0726. The second-order valence-corrected chi connectivity index (χ2v) is 6.91. The third kappa shape index (κ3) is 5.69. The van der Waals surface area contributed by atoms with Gasteiger partial charge in [-0.1, -0.05) is 12.1 Å². The van der Waals surface area contributed by atoms with E-state index in [1.165, 1.54) is 18.2 Å². The van der Waals surface area contributed by atoms with E-state index in [0.29, 0.717) is 30.2 Å². The molecule has 0 amide bonds. The third-order valence-corrected chi connectivity index (χ3v) is 4.70. The Labute approximate surface area is 170 Å². The minimum Gasteiger partial charge on any atom is -0.488 e. The van der Waals surface area contributed by atoms with Crippen molar-refractivity contribution < 1.29 is 13.9 Å². The molecule has 0 saturated carbocycles. The number of nitrogens with one attached hydrogen (secondary N) is 2. The van der Waals surface area contributed by atoms with Crippen LogP contribution in [0.3, 0.4) is 0 Å². The molecule has 1 unspecified atom stereocenters. The highest BCUT2D eigenvalue weighted by Crippen LogP contribution is 2.23. The van der Waals surface area contributed by atoms with Crippen LogP contribution in [0.1, 0.15) is 28.7 Å². The van der Waals surface area contributed by atoms with E-state index in [4.69, 9.17) is 14.7 Å². The van der Waals surface area contributed by atoms with E-state index in [1.807, 2.05) is 31.2 Å². The van der Waals surface area contributed by atoms with Crippen molar-refractivity contribution in [2.45, 2.75) is 32.5 Å². The van der Waals surface area contributed by atoms with Gasteiger partial charge in [-0.25, -0.2) is 4.39 Å². The number of ether oxygens (including phenoxy) is 2. The molecule has 0 aliphatic carbocycles. The molecule has 0 bridgehead atoms. The van der Waals surface area contributed by atoms with Gasteiger partial charge < -0.3 is 20.1 Å². The third-order valence-electron chi connectivity index (χ3n) is 4.70. The van der Waals surface area contributed by atoms with E-state index in [2.05, 4.69) is 15.6 Å². The number of hydrogen-bond donors (Lipinski definition) is 2. The number of nitriles is 1. The fraction of sp³-hybridized carbons (Fsp3) is 0.364. The molecule has 0 aromatic heterocycles. The number of rotatable bonds is 6. The van der Waals surface area contributed by atoms with Crippen LogP contribution in [0.15, 0.2) is 41.4 Å². The van der Waals surface area contributed by atoms with Gasteiger partial charge in [-0.15, -0.1) is 0 Å². The van der Waals surface area contributed by atoms with Gasteiger partial charge in [-0.3, -0.25) is 4.99 Å². The van der Waals surface area contributed by atoms with Crippen LogP contribution in [-0.4, -0.2) is 32.3 Å². The Hall–Kier alpha value is -3.11. The SMILES string of the molecule is CN=C(NCc1cc(C#N)ccc1F)NCc1ccc(C)cc1OC1CCOC1. The molecule has 1 atom stereocenters. The Bertz CT molecular complexity index is 918. The molecular weight excluding hydrogens is 371 g/mol. The van der Waals surface area contributed by atoms with Crippen LogP contribution in [0.25, 0.3) is 0 Å². The van der Waals surface area contributed by atoms with E-state index in [1.54, 1.807) is 7.05 Å². The molecule has 2 N–H and O–H groups in total. The Kier molecular flexibility index (Phi) is 7.04. The fourth-order valence-electron chi connectivity index (χ4n) is 3.06. The lowest BCUT2D eigenvalue weighted by Gasteiger charge is -2.18. The van der Waals surface area contributed by atoms with E-state index < -0.39 is 0 Å². The largest absolute Gasteiger partial charge is 0.488 e. The molecule has 1 fully saturated rings. The monoisotopic (exact) mass is 396 g/mol. The maximum absolute atomic E-state index is 14.0. The smallest absolute Gasteiger partial charge is 0.191 e. The van der Waals surface area contributed by atoms with Crippen LogP contribution in [0.2, 0.25) is 0 Å². The van der Waals surface area contributed by atoms with Gasteiger partial charge in [-0.05, 0) is 36.8 Å². The second kappa shape index (κ2) is 9.89. The van der Waals surface area contributed by atoms with Crippen molar-refractivity contribution in [1.82, 2.24) is 10.6 Å². The number of halogens is 1. The summed E-state index contributed by atoms with van der Waals surface area (Å²) in [6.07, 6.45) is 0.959. The summed E-state index contributed by atoms with van der Waals surface area (Å²) in [5, 5.41) is 15.3. The summed E-state index contributed by atoms with van der Waals surface area (Å²) in [6, 6.07) is 12.4. The highest BCUT2D eigenvalue weighted by atomic mass is 19.1. The van der Waals surface area contributed by atoms with Crippen molar-refractivity contribution >= 4 is 5.96 Å². The van der Waals surface area contributed by atoms with Gasteiger partial charge in [-0.2, -0.15) is 5.26 Å². The summed E-state index contributed by atoms with van der Waals surface area (Å²) in [7, 11) is 1.65. The summed E-state index contributed by atoms with van der Waals surface area (Å²) in [5.74, 6) is 0.999. The standard InChI is InChI=1S/C22H25FN4O2/c1-15-3-5-17(21(9-15)29-19-7-8-28-14-19)12-26-22(25-2)27-13-18-10-16(11-24)4-6-20(18)23/h3-6,9-10,19H,7-8,12-14H2,1-2H3,(H2,25,26,27). The number of guanidine groups is 1. The van der Waals surface area contributed by atoms with Crippen molar-refractivity contribution in [2.75, 3.05) is 20.3 Å². The lowest BCUT2D eigenvalue weighted by Crippen LogP contribution is -2.36. The van der Waals surface area contributed by atoms with Gasteiger partial charge in [0.25, 0.3) is 0 Å². The van der Waals surface area contributed by atoms with Crippen LogP contribution in [-0.2, 0) is 17.8 Å². The van der Waals surface area contributed by atoms with Crippen LogP contribution in [0.4, 0.5) is 4.39 Å². The normalized spacial score (nSPS) is 16.3.